The molecule has 1 heterocycles. The number of morpholine rings is 1. The third-order valence-electron chi connectivity index (χ3n) is 7.04. The Bertz CT molecular complexity index is 1340. The van der Waals surface area contributed by atoms with E-state index >= 15 is 0 Å². The molecule has 0 unspecified atom stereocenters. The van der Waals surface area contributed by atoms with Gasteiger partial charge in [-0.2, -0.15) is 13.2 Å². The number of aliphatic hydroxyl groups is 2. The van der Waals surface area contributed by atoms with Gasteiger partial charge in [-0.1, -0.05) is 103 Å². The molecule has 4 aromatic rings. The molecule has 42 heavy (non-hydrogen) atoms. The van der Waals surface area contributed by atoms with Crippen molar-refractivity contribution >= 4 is 0 Å². The number of benzene rings is 4. The Hall–Kier alpha value is -3.53. The average Bonchev–Trinajstić information content (AvgIpc) is 3.02. The molecule has 5 nitrogen and oxygen atoms in total. The first-order valence-corrected chi connectivity index (χ1v) is 14.0. The minimum Gasteiger partial charge on any atom is -0.395 e. The number of nitrogens with zero attached hydrogens (tertiary/aromatic N) is 1. The Morgan fingerprint density at radius 2 is 1.50 bits per heavy atom. The van der Waals surface area contributed by atoms with Crippen LogP contribution in [0.2, 0.25) is 0 Å². The number of alkyl halides is 3. The lowest BCUT2D eigenvalue weighted by Crippen LogP contribution is -2.37. The van der Waals surface area contributed by atoms with Crippen LogP contribution in [-0.4, -0.2) is 54.5 Å². The van der Waals surface area contributed by atoms with Crippen LogP contribution in [0, 0.1) is 0 Å². The van der Waals surface area contributed by atoms with E-state index in [1.807, 2.05) is 60.7 Å². The summed E-state index contributed by atoms with van der Waals surface area (Å²) >= 11 is 0. The molecule has 4 aromatic carbocycles. The fourth-order valence-electron chi connectivity index (χ4n) is 4.86. The number of nitrogens with one attached hydrogen (secondary N) is 1. The fraction of sp³-hybridized carbons (Fsp3) is 0.294. The maximum atomic E-state index is 13.3. The van der Waals surface area contributed by atoms with Crippen molar-refractivity contribution in [2.75, 3.05) is 39.4 Å². The largest absolute Gasteiger partial charge is 0.417 e. The highest BCUT2D eigenvalue weighted by molar-refractivity contribution is 5.68. The van der Waals surface area contributed by atoms with Gasteiger partial charge < -0.3 is 20.3 Å². The Morgan fingerprint density at radius 3 is 2.17 bits per heavy atom. The van der Waals surface area contributed by atoms with Crippen LogP contribution in [0.1, 0.15) is 34.5 Å². The van der Waals surface area contributed by atoms with Crippen LogP contribution >= 0.6 is 0 Å². The van der Waals surface area contributed by atoms with E-state index < -0.39 is 17.8 Å². The summed E-state index contributed by atoms with van der Waals surface area (Å²) in [6, 6.07) is 32.7. The standard InChI is InChI=1S/C24H22F3NO.C10H15NO2/c25-24(26,27)22-9-5-4-8-21(22)19-12-10-18(11-13-19)16-28-14-15-29-23(17-28)20-6-2-1-3-7-20;12-7-6-11-8-10(13)9-4-2-1-3-5-9/h1-13,23H,14-17H2;1-5,10-13H,6-8H2/t23-;10-/m11/s1. The van der Waals surface area contributed by atoms with Gasteiger partial charge >= 0.3 is 6.18 Å². The number of hydrogen-bond donors (Lipinski definition) is 3. The van der Waals surface area contributed by atoms with Crippen LogP contribution in [0.3, 0.4) is 0 Å². The molecule has 0 saturated carbocycles. The van der Waals surface area contributed by atoms with Crippen molar-refractivity contribution in [2.45, 2.75) is 24.9 Å². The summed E-state index contributed by atoms with van der Waals surface area (Å²) in [7, 11) is 0. The van der Waals surface area contributed by atoms with Gasteiger partial charge in [-0.3, -0.25) is 4.90 Å². The maximum Gasteiger partial charge on any atom is 0.417 e. The third-order valence-corrected chi connectivity index (χ3v) is 7.04. The lowest BCUT2D eigenvalue weighted by atomic mass is 9.98. The summed E-state index contributed by atoms with van der Waals surface area (Å²) in [5, 5.41) is 21.0. The van der Waals surface area contributed by atoms with Crippen molar-refractivity contribution < 1.29 is 28.1 Å². The Labute approximate surface area is 245 Å². The lowest BCUT2D eigenvalue weighted by molar-refractivity contribution is -0.137. The highest BCUT2D eigenvalue weighted by Gasteiger charge is 2.33. The average molecular weight is 579 g/mol. The summed E-state index contributed by atoms with van der Waals surface area (Å²) < 4.78 is 45.7. The van der Waals surface area contributed by atoms with Crippen LogP contribution < -0.4 is 5.32 Å². The molecule has 0 aromatic heterocycles. The Kier molecular flexibility index (Phi) is 11.7. The molecule has 3 N–H and O–H groups in total. The minimum absolute atomic E-state index is 0.0443. The first kappa shape index (κ1) is 31.4. The number of rotatable bonds is 9. The van der Waals surface area contributed by atoms with Gasteiger partial charge in [0.1, 0.15) is 0 Å². The van der Waals surface area contributed by atoms with Gasteiger partial charge in [0.25, 0.3) is 0 Å². The van der Waals surface area contributed by atoms with Gasteiger partial charge in [0, 0.05) is 32.7 Å². The van der Waals surface area contributed by atoms with Crippen molar-refractivity contribution in [1.82, 2.24) is 10.2 Å². The molecule has 8 heteroatoms. The summed E-state index contributed by atoms with van der Waals surface area (Å²) in [6.45, 7) is 4.13. The van der Waals surface area contributed by atoms with E-state index in [-0.39, 0.29) is 18.3 Å². The molecular formula is C34H37F3N2O3. The summed E-state index contributed by atoms with van der Waals surface area (Å²) in [6.07, 6.45) is -4.81. The predicted octanol–water partition coefficient (Wildman–Crippen LogP) is 6.25. The van der Waals surface area contributed by atoms with Gasteiger partial charge in [0.15, 0.2) is 0 Å². The van der Waals surface area contributed by atoms with Crippen LogP contribution in [0.5, 0.6) is 0 Å². The van der Waals surface area contributed by atoms with E-state index in [2.05, 4.69) is 22.3 Å². The molecule has 0 bridgehead atoms. The highest BCUT2D eigenvalue weighted by atomic mass is 19.4. The zero-order chi connectivity index (χ0) is 29.8. The Balaban J connectivity index is 0.000000262. The quantitative estimate of drug-likeness (QED) is 0.205. The normalized spacial score (nSPS) is 16.4. The van der Waals surface area contributed by atoms with E-state index in [1.54, 1.807) is 18.2 Å². The number of ether oxygens (including phenoxy) is 1. The second kappa shape index (κ2) is 15.6. The molecular weight excluding hydrogens is 541 g/mol. The van der Waals surface area contributed by atoms with E-state index in [4.69, 9.17) is 9.84 Å². The van der Waals surface area contributed by atoms with Crippen molar-refractivity contribution in [3.63, 3.8) is 0 Å². The molecule has 222 valence electrons. The molecule has 0 amide bonds. The summed E-state index contributed by atoms with van der Waals surface area (Å²) in [5.74, 6) is 0. The molecule has 5 rings (SSSR count). The SMILES string of the molecule is FC(F)(F)c1ccccc1-c1ccc(CN2CCO[C@@H](c3ccccc3)C2)cc1.OCCNC[C@@H](O)c1ccccc1. The monoisotopic (exact) mass is 578 g/mol. The Morgan fingerprint density at radius 1 is 0.857 bits per heavy atom. The fourth-order valence-corrected chi connectivity index (χ4v) is 4.86. The second-order valence-electron chi connectivity index (χ2n) is 10.1. The number of aliphatic hydroxyl groups excluding tert-OH is 2. The van der Waals surface area contributed by atoms with Gasteiger partial charge in [0.05, 0.1) is 31.0 Å². The first-order chi connectivity index (χ1) is 20.3. The van der Waals surface area contributed by atoms with Gasteiger partial charge in [-0.15, -0.1) is 0 Å². The zero-order valence-corrected chi connectivity index (χ0v) is 23.4. The molecule has 1 saturated heterocycles. The van der Waals surface area contributed by atoms with Crippen molar-refractivity contribution in [3.05, 3.63) is 131 Å². The summed E-state index contributed by atoms with van der Waals surface area (Å²) in [4.78, 5) is 2.32. The molecule has 0 aliphatic carbocycles. The van der Waals surface area contributed by atoms with Gasteiger partial charge in [-0.25, -0.2) is 0 Å². The summed E-state index contributed by atoms with van der Waals surface area (Å²) in [5.41, 5.74) is 3.32. The number of halogens is 3. The molecule has 1 aliphatic rings. The topological polar surface area (TPSA) is 65.0 Å². The molecule has 0 spiro atoms. The minimum atomic E-state index is -4.37. The zero-order valence-electron chi connectivity index (χ0n) is 23.4. The van der Waals surface area contributed by atoms with Gasteiger partial charge in [-0.05, 0) is 33.9 Å². The predicted molar refractivity (Wildman–Crippen MR) is 159 cm³/mol. The maximum absolute atomic E-state index is 13.3. The van der Waals surface area contributed by atoms with Crippen molar-refractivity contribution in [2.24, 2.45) is 0 Å². The van der Waals surface area contributed by atoms with E-state index in [0.717, 1.165) is 42.4 Å². The van der Waals surface area contributed by atoms with Crippen molar-refractivity contribution in [3.8, 4) is 11.1 Å². The van der Waals surface area contributed by atoms with Crippen LogP contribution in [-0.2, 0) is 17.5 Å². The van der Waals surface area contributed by atoms with Crippen LogP contribution in [0.15, 0.2) is 109 Å². The lowest BCUT2D eigenvalue weighted by Gasteiger charge is -2.33. The van der Waals surface area contributed by atoms with E-state index in [0.29, 0.717) is 25.3 Å². The van der Waals surface area contributed by atoms with Crippen LogP contribution in [0.4, 0.5) is 13.2 Å². The molecule has 2 atom stereocenters. The molecule has 0 radical (unpaired) electrons. The smallest absolute Gasteiger partial charge is 0.395 e. The second-order valence-corrected chi connectivity index (χ2v) is 10.1. The van der Waals surface area contributed by atoms with Crippen molar-refractivity contribution in [1.29, 1.82) is 0 Å². The van der Waals surface area contributed by atoms with Crippen LogP contribution in [0.25, 0.3) is 11.1 Å². The molecule has 1 fully saturated rings. The first-order valence-electron chi connectivity index (χ1n) is 14.0. The molecule has 1 aliphatic heterocycles. The third kappa shape index (κ3) is 9.24. The van der Waals surface area contributed by atoms with Gasteiger partial charge in [0.2, 0.25) is 0 Å². The van der Waals surface area contributed by atoms with E-state index in [1.165, 1.54) is 12.1 Å². The van der Waals surface area contributed by atoms with E-state index in [9.17, 15) is 18.3 Å². The number of hydrogen-bond acceptors (Lipinski definition) is 5. The highest BCUT2D eigenvalue weighted by Crippen LogP contribution is 2.37.